The Morgan fingerprint density at radius 3 is 2.67 bits per heavy atom. The van der Waals surface area contributed by atoms with E-state index in [-0.39, 0.29) is 24.8 Å². The molecule has 2 N–H and O–H groups in total. The molecule has 0 aromatic carbocycles. The number of carbonyl (C=O) groups excluding carboxylic acids is 1. The monoisotopic (exact) mass is 417 g/mol. The molecule has 27 heavy (non-hydrogen) atoms. The lowest BCUT2D eigenvalue weighted by molar-refractivity contribution is -0.142. The summed E-state index contributed by atoms with van der Waals surface area (Å²) in [4.78, 5) is 25.0. The first-order valence-corrected chi connectivity index (χ1v) is 9.92. The van der Waals surface area contributed by atoms with Gasteiger partial charge in [-0.3, -0.25) is 9.69 Å². The molecule has 4 heterocycles. The van der Waals surface area contributed by atoms with Crippen molar-refractivity contribution in [2.45, 2.75) is 51.6 Å². The highest BCUT2D eigenvalue weighted by Crippen LogP contribution is 2.33. The number of hydrogen-bond acceptors (Lipinski definition) is 4. The number of nitrogens with zero attached hydrogens (tertiary/aromatic N) is 3. The summed E-state index contributed by atoms with van der Waals surface area (Å²) in [6.07, 6.45) is 7.30. The molecule has 3 fully saturated rings. The van der Waals surface area contributed by atoms with Crippen molar-refractivity contribution in [1.29, 1.82) is 0 Å². The van der Waals surface area contributed by atoms with Gasteiger partial charge in [-0.05, 0) is 57.5 Å². The zero-order valence-corrected chi connectivity index (χ0v) is 17.8. The van der Waals surface area contributed by atoms with Gasteiger partial charge >= 0.3 is 0 Å². The van der Waals surface area contributed by atoms with Crippen LogP contribution in [0.25, 0.3) is 0 Å². The summed E-state index contributed by atoms with van der Waals surface area (Å²) in [7, 11) is 0. The number of hydrogen-bond donors (Lipinski definition) is 2. The summed E-state index contributed by atoms with van der Waals surface area (Å²) in [5, 5.41) is 3.43. The number of piperidine rings is 3. The first kappa shape index (κ1) is 22.5. The molecule has 0 unspecified atom stereocenters. The van der Waals surface area contributed by atoms with E-state index in [0.717, 1.165) is 64.4 Å². The quantitative estimate of drug-likeness (QED) is 0.788. The Bertz CT molecular complexity index is 605. The number of likely N-dealkylation sites (tertiary alicyclic amines) is 2. The third kappa shape index (κ3) is 5.37. The van der Waals surface area contributed by atoms with Crippen LogP contribution < -0.4 is 5.32 Å². The molecule has 154 valence electrons. The lowest BCUT2D eigenvalue weighted by Crippen LogP contribution is -2.57. The maximum Gasteiger partial charge on any atom is 0.222 e. The van der Waals surface area contributed by atoms with Gasteiger partial charge in [-0.1, -0.05) is 0 Å². The van der Waals surface area contributed by atoms with Crippen LogP contribution in [0.1, 0.15) is 43.6 Å². The molecule has 0 aliphatic carbocycles. The van der Waals surface area contributed by atoms with Gasteiger partial charge in [0.25, 0.3) is 0 Å². The number of carbonyl (C=O) groups is 1. The maximum atomic E-state index is 12.6. The van der Waals surface area contributed by atoms with Gasteiger partial charge in [0.1, 0.15) is 5.82 Å². The van der Waals surface area contributed by atoms with Crippen LogP contribution in [0.4, 0.5) is 0 Å². The molecule has 0 saturated carbocycles. The minimum absolute atomic E-state index is 0. The van der Waals surface area contributed by atoms with Gasteiger partial charge in [0, 0.05) is 50.5 Å². The average Bonchev–Trinajstić information content (AvgIpc) is 3.03. The molecule has 1 aromatic heterocycles. The molecular weight excluding hydrogens is 385 g/mol. The highest BCUT2D eigenvalue weighted by Gasteiger charge is 2.40. The van der Waals surface area contributed by atoms with Crippen LogP contribution in [-0.2, 0) is 11.3 Å². The molecule has 2 atom stereocenters. The molecule has 0 spiro atoms. The van der Waals surface area contributed by atoms with E-state index in [1.165, 1.54) is 18.5 Å². The van der Waals surface area contributed by atoms with Crippen LogP contribution in [-0.4, -0.2) is 64.4 Å². The number of imidazole rings is 1. The lowest BCUT2D eigenvalue weighted by Gasteiger charge is -2.48. The normalized spacial score (nSPS) is 26.9. The Morgan fingerprint density at radius 1 is 1.19 bits per heavy atom. The number of amides is 1. The summed E-state index contributed by atoms with van der Waals surface area (Å²) in [5.74, 6) is 2.71. The second kappa shape index (κ2) is 10.1. The molecule has 3 aliphatic rings. The molecular formula is C19H33Cl2N5O. The zero-order chi connectivity index (χ0) is 17.2. The van der Waals surface area contributed by atoms with E-state index >= 15 is 0 Å². The van der Waals surface area contributed by atoms with E-state index in [1.807, 2.05) is 13.1 Å². The van der Waals surface area contributed by atoms with Gasteiger partial charge < -0.3 is 15.2 Å². The van der Waals surface area contributed by atoms with Crippen molar-refractivity contribution in [3.63, 3.8) is 0 Å². The van der Waals surface area contributed by atoms with Crippen molar-refractivity contribution in [2.75, 3.05) is 32.7 Å². The minimum atomic E-state index is 0. The third-order valence-corrected chi connectivity index (χ3v) is 6.29. The number of aryl methyl sites for hydroxylation is 1. The van der Waals surface area contributed by atoms with Crippen LogP contribution in [0.15, 0.2) is 6.20 Å². The highest BCUT2D eigenvalue weighted by atomic mass is 35.5. The number of rotatable bonds is 4. The molecule has 1 aromatic rings. The Kier molecular flexibility index (Phi) is 8.40. The number of aromatic nitrogens is 2. The van der Waals surface area contributed by atoms with Crippen LogP contribution >= 0.6 is 24.8 Å². The highest BCUT2D eigenvalue weighted by molar-refractivity contribution is 5.85. The second-order valence-corrected chi connectivity index (χ2v) is 8.12. The topological polar surface area (TPSA) is 64.3 Å². The SMILES string of the molecule is Cc1ncc(CN2CC[C@@H]3[C@@H](CCC(=O)N3CC3CCNCC3)C2)[nH]1.Cl.Cl. The first-order valence-electron chi connectivity index (χ1n) is 9.92. The van der Waals surface area contributed by atoms with Crippen molar-refractivity contribution in [2.24, 2.45) is 11.8 Å². The smallest absolute Gasteiger partial charge is 0.222 e. The van der Waals surface area contributed by atoms with Gasteiger partial charge in [0.15, 0.2) is 0 Å². The van der Waals surface area contributed by atoms with Crippen molar-refractivity contribution >= 4 is 30.7 Å². The van der Waals surface area contributed by atoms with E-state index in [2.05, 4.69) is 25.1 Å². The molecule has 8 heteroatoms. The average molecular weight is 418 g/mol. The van der Waals surface area contributed by atoms with Gasteiger partial charge in [-0.25, -0.2) is 4.98 Å². The molecule has 0 bridgehead atoms. The van der Waals surface area contributed by atoms with Crippen molar-refractivity contribution < 1.29 is 4.79 Å². The van der Waals surface area contributed by atoms with E-state index < -0.39 is 0 Å². The summed E-state index contributed by atoms with van der Waals surface area (Å²) < 4.78 is 0. The second-order valence-electron chi connectivity index (χ2n) is 8.12. The molecule has 0 radical (unpaired) electrons. The van der Waals surface area contributed by atoms with Gasteiger partial charge in [-0.15, -0.1) is 24.8 Å². The first-order chi connectivity index (χ1) is 12.2. The number of nitrogens with one attached hydrogen (secondary N) is 2. The van der Waals surface area contributed by atoms with Crippen molar-refractivity contribution in [3.05, 3.63) is 17.7 Å². The zero-order valence-electron chi connectivity index (χ0n) is 16.2. The summed E-state index contributed by atoms with van der Waals surface area (Å²) in [5.41, 5.74) is 1.20. The van der Waals surface area contributed by atoms with Gasteiger partial charge in [-0.2, -0.15) is 0 Å². The lowest BCUT2D eigenvalue weighted by atomic mass is 9.82. The Hall–Kier alpha value is -0.820. The fraction of sp³-hybridized carbons (Fsp3) is 0.789. The molecule has 3 aliphatic heterocycles. The molecule has 1 amide bonds. The van der Waals surface area contributed by atoms with Gasteiger partial charge in [0.2, 0.25) is 5.91 Å². The molecule has 6 nitrogen and oxygen atoms in total. The van der Waals surface area contributed by atoms with Crippen LogP contribution in [0.3, 0.4) is 0 Å². The van der Waals surface area contributed by atoms with Crippen molar-refractivity contribution in [3.8, 4) is 0 Å². The van der Waals surface area contributed by atoms with E-state index in [1.54, 1.807) is 0 Å². The number of H-pyrrole nitrogens is 1. The standard InChI is InChI=1S/C19H31N5O.2ClH/c1-14-21-10-17(22-14)13-23-9-6-18-16(12-23)2-3-19(25)24(18)11-15-4-7-20-8-5-15;;/h10,15-16,18,20H,2-9,11-13H2,1H3,(H,21,22);2*1H/t16-,18+;;/m0../s1. The third-order valence-electron chi connectivity index (χ3n) is 6.29. The summed E-state index contributed by atoms with van der Waals surface area (Å²) >= 11 is 0. The van der Waals surface area contributed by atoms with E-state index in [9.17, 15) is 4.79 Å². The Morgan fingerprint density at radius 2 is 1.96 bits per heavy atom. The van der Waals surface area contributed by atoms with Crippen LogP contribution in [0, 0.1) is 18.8 Å². The Labute approximate surface area is 174 Å². The fourth-order valence-electron chi connectivity index (χ4n) is 4.94. The minimum Gasteiger partial charge on any atom is -0.345 e. The maximum absolute atomic E-state index is 12.6. The summed E-state index contributed by atoms with van der Waals surface area (Å²) in [6, 6.07) is 0.468. The van der Waals surface area contributed by atoms with E-state index in [4.69, 9.17) is 0 Å². The predicted octanol–water partition coefficient (Wildman–Crippen LogP) is 2.37. The number of aromatic amines is 1. The van der Waals surface area contributed by atoms with E-state index in [0.29, 0.717) is 23.8 Å². The fourth-order valence-corrected chi connectivity index (χ4v) is 4.94. The number of halogens is 2. The summed E-state index contributed by atoms with van der Waals surface area (Å²) in [6.45, 7) is 8.35. The molecule has 4 rings (SSSR count). The van der Waals surface area contributed by atoms with Gasteiger partial charge in [0.05, 0.1) is 0 Å². The molecule has 3 saturated heterocycles. The largest absolute Gasteiger partial charge is 0.345 e. The van der Waals surface area contributed by atoms with Crippen LogP contribution in [0.2, 0.25) is 0 Å². The predicted molar refractivity (Wildman–Crippen MR) is 112 cm³/mol. The Balaban J connectivity index is 0.00000131. The van der Waals surface area contributed by atoms with Crippen LogP contribution in [0.5, 0.6) is 0 Å². The number of fused-ring (bicyclic) bond motifs is 1. The van der Waals surface area contributed by atoms with Crippen molar-refractivity contribution in [1.82, 2.24) is 25.1 Å².